The lowest BCUT2D eigenvalue weighted by molar-refractivity contribution is 0.576. The minimum atomic E-state index is -0.313. The van der Waals surface area contributed by atoms with E-state index in [0.717, 1.165) is 37.1 Å². The smallest absolute Gasteiger partial charge is 0.141 e. The number of halogens is 1. The molecule has 0 aliphatic rings. The molecule has 0 bridgehead atoms. The molecule has 0 spiro atoms. The van der Waals surface area contributed by atoms with Crippen LogP contribution in [0.1, 0.15) is 43.9 Å². The molecule has 5 heteroatoms. The van der Waals surface area contributed by atoms with Crippen molar-refractivity contribution in [1.82, 2.24) is 20.1 Å². The summed E-state index contributed by atoms with van der Waals surface area (Å²) >= 11 is 0. The Kier molecular flexibility index (Phi) is 5.24. The first kappa shape index (κ1) is 14.7. The minimum Gasteiger partial charge on any atom is -0.306 e. The summed E-state index contributed by atoms with van der Waals surface area (Å²) in [5, 5.41) is 7.77. The number of aromatic nitrogens is 3. The van der Waals surface area contributed by atoms with Crippen LogP contribution in [0.3, 0.4) is 0 Å². The Morgan fingerprint density at radius 2 is 2.05 bits per heavy atom. The second kappa shape index (κ2) is 7.14. The van der Waals surface area contributed by atoms with Gasteiger partial charge in [-0.1, -0.05) is 13.8 Å². The van der Waals surface area contributed by atoms with Crippen molar-refractivity contribution in [1.29, 1.82) is 0 Å². The second-order valence-electron chi connectivity index (χ2n) is 4.86. The van der Waals surface area contributed by atoms with Gasteiger partial charge >= 0.3 is 0 Å². The summed E-state index contributed by atoms with van der Waals surface area (Å²) < 4.78 is 15.3. The highest BCUT2D eigenvalue weighted by molar-refractivity contribution is 5.27. The van der Waals surface area contributed by atoms with Gasteiger partial charge in [0, 0.05) is 24.5 Å². The number of hydrogen-bond acceptors (Lipinski definition) is 3. The second-order valence-corrected chi connectivity index (χ2v) is 4.86. The maximum atomic E-state index is 13.4. The molecule has 1 atom stereocenters. The van der Waals surface area contributed by atoms with Crippen molar-refractivity contribution in [3.05, 3.63) is 47.8 Å². The van der Waals surface area contributed by atoms with Crippen LogP contribution in [0.4, 0.5) is 4.39 Å². The Hall–Kier alpha value is -1.75. The van der Waals surface area contributed by atoms with Crippen LogP contribution in [-0.2, 0) is 6.54 Å². The van der Waals surface area contributed by atoms with Crippen molar-refractivity contribution in [3.63, 3.8) is 0 Å². The van der Waals surface area contributed by atoms with E-state index in [1.54, 1.807) is 6.20 Å². The van der Waals surface area contributed by atoms with E-state index < -0.39 is 0 Å². The molecule has 0 saturated carbocycles. The number of hydrogen-bond donors (Lipinski definition) is 1. The summed E-state index contributed by atoms with van der Waals surface area (Å²) in [6.45, 7) is 5.97. The molecule has 108 valence electrons. The monoisotopic (exact) mass is 276 g/mol. The number of rotatable bonds is 7. The third-order valence-electron chi connectivity index (χ3n) is 3.10. The lowest BCUT2D eigenvalue weighted by atomic mass is 10.0. The lowest BCUT2D eigenvalue weighted by Crippen LogP contribution is -2.23. The first-order valence-electron chi connectivity index (χ1n) is 7.10. The van der Waals surface area contributed by atoms with Gasteiger partial charge in [0.25, 0.3) is 0 Å². The van der Waals surface area contributed by atoms with Crippen molar-refractivity contribution >= 4 is 0 Å². The Balaban J connectivity index is 2.26. The molecule has 2 rings (SSSR count). The number of aryl methyl sites for hydroxylation is 1. The standard InChI is InChI=1S/C15H21FN4/c1-3-5-18-15(12-7-14(16)10-17-8-12)13-9-19-20(11-13)6-4-2/h7-11,15,18H,3-6H2,1-2H3. The van der Waals surface area contributed by atoms with Crippen molar-refractivity contribution in [2.45, 2.75) is 39.3 Å². The van der Waals surface area contributed by atoms with E-state index in [-0.39, 0.29) is 11.9 Å². The molecule has 1 N–H and O–H groups in total. The van der Waals surface area contributed by atoms with E-state index in [1.165, 1.54) is 12.3 Å². The first-order chi connectivity index (χ1) is 9.74. The summed E-state index contributed by atoms with van der Waals surface area (Å²) in [5.41, 5.74) is 1.87. The minimum absolute atomic E-state index is 0.0660. The topological polar surface area (TPSA) is 42.7 Å². The van der Waals surface area contributed by atoms with Crippen molar-refractivity contribution in [2.75, 3.05) is 6.54 Å². The molecule has 0 radical (unpaired) electrons. The van der Waals surface area contributed by atoms with Gasteiger partial charge in [0.15, 0.2) is 0 Å². The summed E-state index contributed by atoms with van der Waals surface area (Å²) in [5.74, 6) is -0.313. The van der Waals surface area contributed by atoms with Gasteiger partial charge in [-0.05, 0) is 31.0 Å². The number of nitrogens with zero attached hydrogens (tertiary/aromatic N) is 3. The summed E-state index contributed by atoms with van der Waals surface area (Å²) in [6.07, 6.45) is 8.84. The summed E-state index contributed by atoms with van der Waals surface area (Å²) in [6, 6.07) is 1.46. The van der Waals surface area contributed by atoms with E-state index in [9.17, 15) is 4.39 Å². The molecule has 2 aromatic heterocycles. The fourth-order valence-electron chi connectivity index (χ4n) is 2.18. The van der Waals surface area contributed by atoms with Crippen molar-refractivity contribution < 1.29 is 4.39 Å². The molecule has 1 unspecified atom stereocenters. The molecule has 0 saturated heterocycles. The van der Waals surface area contributed by atoms with Crippen molar-refractivity contribution in [2.24, 2.45) is 0 Å². The highest BCUT2D eigenvalue weighted by atomic mass is 19.1. The Morgan fingerprint density at radius 1 is 1.20 bits per heavy atom. The molecule has 0 aliphatic heterocycles. The predicted molar refractivity (Wildman–Crippen MR) is 76.8 cm³/mol. The largest absolute Gasteiger partial charge is 0.306 e. The molecule has 0 aliphatic carbocycles. The van der Waals surface area contributed by atoms with E-state index >= 15 is 0 Å². The summed E-state index contributed by atoms with van der Waals surface area (Å²) in [7, 11) is 0. The maximum Gasteiger partial charge on any atom is 0.141 e. The van der Waals surface area contributed by atoms with Crippen LogP contribution in [-0.4, -0.2) is 21.3 Å². The highest BCUT2D eigenvalue weighted by Gasteiger charge is 2.16. The fraction of sp³-hybridized carbons (Fsp3) is 0.467. The molecule has 2 aromatic rings. The summed E-state index contributed by atoms with van der Waals surface area (Å²) in [4.78, 5) is 3.94. The highest BCUT2D eigenvalue weighted by Crippen LogP contribution is 2.21. The Morgan fingerprint density at radius 3 is 2.75 bits per heavy atom. The van der Waals surface area contributed by atoms with Crippen LogP contribution < -0.4 is 5.32 Å². The van der Waals surface area contributed by atoms with E-state index in [4.69, 9.17) is 0 Å². The normalized spacial score (nSPS) is 12.6. The molecular formula is C15H21FN4. The van der Waals surface area contributed by atoms with Gasteiger partial charge in [0.05, 0.1) is 18.4 Å². The maximum absolute atomic E-state index is 13.4. The van der Waals surface area contributed by atoms with Crippen LogP contribution in [0.2, 0.25) is 0 Å². The molecule has 4 nitrogen and oxygen atoms in total. The van der Waals surface area contributed by atoms with Crippen LogP contribution >= 0.6 is 0 Å². The third-order valence-corrected chi connectivity index (χ3v) is 3.10. The van der Waals surface area contributed by atoms with Crippen molar-refractivity contribution in [3.8, 4) is 0 Å². The van der Waals surface area contributed by atoms with Gasteiger partial charge in [-0.25, -0.2) is 4.39 Å². The van der Waals surface area contributed by atoms with Gasteiger partial charge in [0.1, 0.15) is 5.82 Å². The zero-order valence-electron chi connectivity index (χ0n) is 12.0. The Bertz CT molecular complexity index is 538. The van der Waals surface area contributed by atoms with Gasteiger partial charge < -0.3 is 5.32 Å². The number of nitrogens with one attached hydrogen (secondary N) is 1. The SMILES string of the molecule is CCCNC(c1cncc(F)c1)c1cnn(CCC)c1. The number of pyridine rings is 1. The van der Waals surface area contributed by atoms with Gasteiger partial charge in [-0.15, -0.1) is 0 Å². The molecule has 0 aromatic carbocycles. The third kappa shape index (κ3) is 3.63. The van der Waals surface area contributed by atoms with Crippen LogP contribution in [0.5, 0.6) is 0 Å². The van der Waals surface area contributed by atoms with Crippen LogP contribution in [0.15, 0.2) is 30.9 Å². The van der Waals surface area contributed by atoms with E-state index in [1.807, 2.05) is 17.1 Å². The van der Waals surface area contributed by atoms with E-state index in [0.29, 0.717) is 0 Å². The zero-order chi connectivity index (χ0) is 14.4. The van der Waals surface area contributed by atoms with Gasteiger partial charge in [-0.2, -0.15) is 5.10 Å². The van der Waals surface area contributed by atoms with Gasteiger partial charge in [0.2, 0.25) is 0 Å². The lowest BCUT2D eigenvalue weighted by Gasteiger charge is -2.17. The molecule has 2 heterocycles. The molecule has 20 heavy (non-hydrogen) atoms. The average Bonchev–Trinajstić information content (AvgIpc) is 2.88. The van der Waals surface area contributed by atoms with E-state index in [2.05, 4.69) is 29.2 Å². The molecule has 0 fully saturated rings. The molecular weight excluding hydrogens is 255 g/mol. The van der Waals surface area contributed by atoms with Crippen LogP contribution in [0, 0.1) is 5.82 Å². The predicted octanol–water partition coefficient (Wildman–Crippen LogP) is 2.92. The fourth-order valence-corrected chi connectivity index (χ4v) is 2.18. The Labute approximate surface area is 119 Å². The van der Waals surface area contributed by atoms with Crippen LogP contribution in [0.25, 0.3) is 0 Å². The van der Waals surface area contributed by atoms with Gasteiger partial charge in [-0.3, -0.25) is 9.67 Å². The zero-order valence-corrected chi connectivity index (χ0v) is 12.0. The quantitative estimate of drug-likeness (QED) is 0.845. The average molecular weight is 276 g/mol. The first-order valence-corrected chi connectivity index (χ1v) is 7.10. The molecule has 0 amide bonds.